The van der Waals surface area contributed by atoms with Gasteiger partial charge in [-0.05, 0) is 30.7 Å². The number of hydrogen-bond acceptors (Lipinski definition) is 7. The number of hydrogen-bond donors (Lipinski definition) is 2. The lowest BCUT2D eigenvalue weighted by atomic mass is 10.0. The molecule has 184 valence electrons. The number of aromatic nitrogens is 4. The first-order valence-electron chi connectivity index (χ1n) is 12.5. The monoisotopic (exact) mass is 483 g/mol. The first-order chi connectivity index (χ1) is 17.7. The Morgan fingerprint density at radius 2 is 2.00 bits per heavy atom. The second kappa shape index (κ2) is 8.91. The first kappa shape index (κ1) is 22.5. The van der Waals surface area contributed by atoms with Gasteiger partial charge in [-0.25, -0.2) is 9.97 Å². The van der Waals surface area contributed by atoms with Crippen molar-refractivity contribution in [2.75, 3.05) is 23.4 Å². The fourth-order valence-corrected chi connectivity index (χ4v) is 5.42. The maximum Gasteiger partial charge on any atom is 0.254 e. The van der Waals surface area contributed by atoms with Crippen LogP contribution in [0.5, 0.6) is 0 Å². The smallest absolute Gasteiger partial charge is 0.254 e. The molecule has 2 N–H and O–H groups in total. The van der Waals surface area contributed by atoms with E-state index >= 15 is 0 Å². The van der Waals surface area contributed by atoms with E-state index in [1.165, 1.54) is 0 Å². The summed E-state index contributed by atoms with van der Waals surface area (Å²) in [6.45, 7) is 6.15. The van der Waals surface area contributed by atoms with Crippen molar-refractivity contribution in [3.05, 3.63) is 60.2 Å². The normalized spacial score (nSPS) is 19.8. The minimum absolute atomic E-state index is 0.107. The summed E-state index contributed by atoms with van der Waals surface area (Å²) in [7, 11) is 1.97. The van der Waals surface area contributed by atoms with Gasteiger partial charge in [0, 0.05) is 49.0 Å². The van der Waals surface area contributed by atoms with Crippen LogP contribution >= 0.6 is 0 Å². The maximum atomic E-state index is 12.8. The number of nitrogens with zero attached hydrogens (tertiary/aromatic N) is 5. The van der Waals surface area contributed by atoms with Crippen LogP contribution < -0.4 is 15.5 Å². The van der Waals surface area contributed by atoms with Crippen LogP contribution in [0.2, 0.25) is 0 Å². The molecule has 4 aromatic rings. The second-order valence-corrected chi connectivity index (χ2v) is 9.10. The van der Waals surface area contributed by atoms with Gasteiger partial charge in [0.15, 0.2) is 0 Å². The van der Waals surface area contributed by atoms with E-state index < -0.39 is 0 Å². The third-order valence-corrected chi connectivity index (χ3v) is 7.10. The molecule has 4 aromatic heterocycles. The molecule has 36 heavy (non-hydrogen) atoms. The van der Waals surface area contributed by atoms with Crippen molar-refractivity contribution in [2.24, 2.45) is 7.05 Å². The van der Waals surface area contributed by atoms with Crippen LogP contribution in [0.15, 0.2) is 49.1 Å². The molecule has 1 amide bonds. The molecule has 2 atom stereocenters. The number of carbonyl (C=O) groups excluding carboxylic acids is 1. The third-order valence-electron chi connectivity index (χ3n) is 7.10. The van der Waals surface area contributed by atoms with Gasteiger partial charge < -0.3 is 24.8 Å². The van der Waals surface area contributed by atoms with Crippen molar-refractivity contribution in [1.82, 2.24) is 24.8 Å². The van der Waals surface area contributed by atoms with Gasteiger partial charge >= 0.3 is 0 Å². The molecule has 9 nitrogen and oxygen atoms in total. The molecule has 0 aromatic carbocycles. The Morgan fingerprint density at radius 1 is 1.11 bits per heavy atom. The van der Waals surface area contributed by atoms with Crippen molar-refractivity contribution >= 4 is 34.1 Å². The molecule has 2 saturated heterocycles. The molecular weight excluding hydrogens is 454 g/mol. The highest BCUT2D eigenvalue weighted by Crippen LogP contribution is 2.36. The molecule has 3 aliphatic heterocycles. The number of ether oxygens (including phenoxy) is 1. The number of nitrogens with one attached hydrogen (secondary N) is 2. The highest BCUT2D eigenvalue weighted by molar-refractivity contribution is 6.06. The Labute approximate surface area is 209 Å². The first-order valence-corrected chi connectivity index (χ1v) is 12.5. The summed E-state index contributed by atoms with van der Waals surface area (Å²) in [6.07, 6.45) is 8.80. The van der Waals surface area contributed by atoms with E-state index in [9.17, 15) is 4.79 Å². The largest absolute Gasteiger partial charge is 0.374 e. The zero-order valence-corrected chi connectivity index (χ0v) is 20.7. The fourth-order valence-electron chi connectivity index (χ4n) is 5.42. The maximum absolute atomic E-state index is 12.8. The lowest BCUT2D eigenvalue weighted by molar-refractivity contribution is 0.0966. The fraction of sp³-hybridized carbons (Fsp3) is 0.333. The third kappa shape index (κ3) is 3.58. The second-order valence-electron chi connectivity index (χ2n) is 9.10. The molecule has 2 fully saturated rings. The zero-order valence-electron chi connectivity index (χ0n) is 20.7. The standard InChI is InChI=1S/C25H23N7O2.C2H6/c1-31-7-5-18-17(4-6-26-24(18)31)23-19-10-29-25(33)22(19)20(11-28-23)30-21-3-2-14(9-27-21)32-12-16-8-15(32)13-34-16;1-2/h2-7,9,11,15-16H,8,10,12-13H2,1H3,(H,27,30)(H,29,33);1-2H3. The van der Waals surface area contributed by atoms with E-state index in [-0.39, 0.29) is 5.91 Å². The predicted molar refractivity (Wildman–Crippen MR) is 139 cm³/mol. The summed E-state index contributed by atoms with van der Waals surface area (Å²) in [5.74, 6) is 0.569. The summed E-state index contributed by atoms with van der Waals surface area (Å²) < 4.78 is 7.68. The van der Waals surface area contributed by atoms with Crippen LogP contribution in [0.1, 0.15) is 36.2 Å². The quantitative estimate of drug-likeness (QED) is 0.452. The number of fused-ring (bicyclic) bond motifs is 4. The van der Waals surface area contributed by atoms with Gasteiger partial charge in [-0.2, -0.15) is 0 Å². The van der Waals surface area contributed by atoms with Crippen LogP contribution in [-0.2, 0) is 18.3 Å². The zero-order chi connectivity index (χ0) is 24.8. The van der Waals surface area contributed by atoms with Crippen LogP contribution in [0.4, 0.5) is 17.2 Å². The van der Waals surface area contributed by atoms with Crippen molar-refractivity contribution in [3.8, 4) is 11.3 Å². The summed E-state index contributed by atoms with van der Waals surface area (Å²) in [6, 6.07) is 8.45. The number of pyridine rings is 3. The summed E-state index contributed by atoms with van der Waals surface area (Å²) in [4.78, 5) is 29.0. The molecule has 7 rings (SSSR count). The molecule has 3 aliphatic rings. The Balaban J connectivity index is 0.00000117. The van der Waals surface area contributed by atoms with Crippen molar-refractivity contribution in [2.45, 2.75) is 39.0 Å². The number of rotatable bonds is 4. The van der Waals surface area contributed by atoms with Crippen LogP contribution in [0.3, 0.4) is 0 Å². The molecule has 0 spiro atoms. The Kier molecular flexibility index (Phi) is 5.56. The molecule has 0 aliphatic carbocycles. The van der Waals surface area contributed by atoms with Gasteiger partial charge in [0.1, 0.15) is 11.5 Å². The van der Waals surface area contributed by atoms with E-state index in [1.54, 1.807) is 12.4 Å². The van der Waals surface area contributed by atoms with E-state index in [0.29, 0.717) is 35.8 Å². The molecular formula is C27H29N7O2. The van der Waals surface area contributed by atoms with Gasteiger partial charge in [-0.15, -0.1) is 0 Å². The average Bonchev–Trinajstić information content (AvgIpc) is 3.71. The Bertz CT molecular complexity index is 1450. The van der Waals surface area contributed by atoms with Crippen molar-refractivity contribution < 1.29 is 9.53 Å². The van der Waals surface area contributed by atoms with Gasteiger partial charge in [-0.1, -0.05) is 13.8 Å². The molecule has 0 radical (unpaired) electrons. The average molecular weight is 484 g/mol. The minimum atomic E-state index is -0.107. The van der Waals surface area contributed by atoms with Crippen molar-refractivity contribution in [1.29, 1.82) is 0 Å². The number of anilines is 3. The lowest BCUT2D eigenvalue weighted by Gasteiger charge is -2.28. The SMILES string of the molecule is CC.Cn1ccc2c(-c3ncc(Nc4ccc(N5CC6CC5CO6)cn4)c4c3CNC4=O)ccnc21. The van der Waals surface area contributed by atoms with Gasteiger partial charge in [-0.3, -0.25) is 9.78 Å². The van der Waals surface area contributed by atoms with E-state index in [2.05, 4.69) is 31.6 Å². The van der Waals surface area contributed by atoms with Crippen LogP contribution in [0.25, 0.3) is 22.3 Å². The molecule has 9 heteroatoms. The van der Waals surface area contributed by atoms with Crippen LogP contribution in [-0.4, -0.2) is 50.7 Å². The minimum Gasteiger partial charge on any atom is -0.374 e. The Hall–Kier alpha value is -3.98. The molecule has 0 saturated carbocycles. The predicted octanol–water partition coefficient (Wildman–Crippen LogP) is 4.02. The number of amides is 1. The summed E-state index contributed by atoms with van der Waals surface area (Å²) >= 11 is 0. The lowest BCUT2D eigenvalue weighted by Crippen LogP contribution is -2.36. The highest BCUT2D eigenvalue weighted by Gasteiger charge is 2.39. The molecule has 2 unspecified atom stereocenters. The number of aryl methyl sites for hydroxylation is 1. The van der Waals surface area contributed by atoms with Gasteiger partial charge in [0.05, 0.1) is 53.8 Å². The van der Waals surface area contributed by atoms with Gasteiger partial charge in [0.25, 0.3) is 5.91 Å². The number of carbonyl (C=O) groups is 1. The van der Waals surface area contributed by atoms with Crippen LogP contribution in [0, 0.1) is 0 Å². The highest BCUT2D eigenvalue weighted by atomic mass is 16.5. The molecule has 2 bridgehead atoms. The van der Waals surface area contributed by atoms with E-state index in [1.807, 2.05) is 56.1 Å². The van der Waals surface area contributed by atoms with E-state index in [4.69, 9.17) is 9.72 Å². The van der Waals surface area contributed by atoms with E-state index in [0.717, 1.165) is 53.1 Å². The van der Waals surface area contributed by atoms with Gasteiger partial charge in [0.2, 0.25) is 0 Å². The summed E-state index contributed by atoms with van der Waals surface area (Å²) in [5.41, 5.74) is 5.91. The van der Waals surface area contributed by atoms with Crippen molar-refractivity contribution in [3.63, 3.8) is 0 Å². The Morgan fingerprint density at radius 3 is 2.75 bits per heavy atom. The topological polar surface area (TPSA) is 97.2 Å². The molecule has 7 heterocycles. The number of morpholine rings is 1. The summed E-state index contributed by atoms with van der Waals surface area (Å²) in [5, 5.41) is 7.28.